The van der Waals surface area contributed by atoms with Gasteiger partial charge in [0.25, 0.3) is 0 Å². The highest BCUT2D eigenvalue weighted by Crippen LogP contribution is 2.32. The molecule has 0 saturated carbocycles. The van der Waals surface area contributed by atoms with Gasteiger partial charge in [-0.3, -0.25) is 4.57 Å². The summed E-state index contributed by atoms with van der Waals surface area (Å²) in [5.74, 6) is 0.835. The molecule has 1 aliphatic carbocycles. The number of thioether (sulfide) groups is 1. The van der Waals surface area contributed by atoms with E-state index >= 15 is 0 Å². The largest absolute Gasteiger partial charge is 0.348 e. The van der Waals surface area contributed by atoms with Crippen LogP contribution in [-0.4, -0.2) is 35.1 Å². The first-order chi connectivity index (χ1) is 13.1. The van der Waals surface area contributed by atoms with Crippen molar-refractivity contribution in [1.82, 2.24) is 14.5 Å². The minimum absolute atomic E-state index is 0.0991. The first-order valence-electron chi connectivity index (χ1n) is 9.50. The number of likely N-dealkylation sites (N-methyl/N-ethyl adjacent to an activating group) is 1. The molecule has 140 valence electrons. The standard InChI is InChI=1S/C22H25N3OS/c1-24(2)13-14-25-20-12-6-11-19(20)21(23-22(25)26)27-15-17-9-5-8-16-7-3-4-10-18(16)17/h3-5,7-10H,6,11-15H2,1-2H3. The van der Waals surface area contributed by atoms with Crippen molar-refractivity contribution >= 4 is 22.5 Å². The second kappa shape index (κ2) is 7.87. The number of fused-ring (bicyclic) bond motifs is 2. The van der Waals surface area contributed by atoms with Crippen LogP contribution >= 0.6 is 11.8 Å². The van der Waals surface area contributed by atoms with E-state index in [1.807, 2.05) is 18.7 Å². The maximum Gasteiger partial charge on any atom is 0.348 e. The lowest BCUT2D eigenvalue weighted by Crippen LogP contribution is -2.31. The van der Waals surface area contributed by atoms with Crippen molar-refractivity contribution in [2.24, 2.45) is 0 Å². The molecule has 0 fully saturated rings. The van der Waals surface area contributed by atoms with Gasteiger partial charge in [-0.15, -0.1) is 11.8 Å². The molecule has 1 aromatic heterocycles. The molecule has 0 aliphatic heterocycles. The lowest BCUT2D eigenvalue weighted by atomic mass is 10.1. The molecule has 0 amide bonds. The van der Waals surface area contributed by atoms with E-state index in [1.165, 1.54) is 27.6 Å². The minimum atomic E-state index is -0.0991. The molecular formula is C22H25N3OS. The van der Waals surface area contributed by atoms with Gasteiger partial charge < -0.3 is 4.90 Å². The highest BCUT2D eigenvalue weighted by Gasteiger charge is 2.22. The highest BCUT2D eigenvalue weighted by molar-refractivity contribution is 7.98. The van der Waals surface area contributed by atoms with E-state index in [2.05, 4.69) is 52.3 Å². The van der Waals surface area contributed by atoms with E-state index < -0.39 is 0 Å². The summed E-state index contributed by atoms with van der Waals surface area (Å²) in [6.07, 6.45) is 3.13. The Hall–Kier alpha value is -2.11. The molecule has 0 radical (unpaired) electrons. The topological polar surface area (TPSA) is 38.1 Å². The zero-order chi connectivity index (χ0) is 18.8. The van der Waals surface area contributed by atoms with Crippen LogP contribution in [0.4, 0.5) is 0 Å². The second-order valence-corrected chi connectivity index (χ2v) is 8.32. The molecule has 27 heavy (non-hydrogen) atoms. The maximum absolute atomic E-state index is 12.7. The predicted octanol–water partition coefficient (Wildman–Crippen LogP) is 3.74. The molecule has 1 aliphatic rings. The molecular weight excluding hydrogens is 354 g/mol. The Morgan fingerprint density at radius 1 is 1.11 bits per heavy atom. The van der Waals surface area contributed by atoms with E-state index in [9.17, 15) is 4.79 Å². The molecule has 2 aromatic carbocycles. The lowest BCUT2D eigenvalue weighted by Gasteiger charge is -2.16. The van der Waals surface area contributed by atoms with Crippen LogP contribution in [0.3, 0.4) is 0 Å². The molecule has 0 unspecified atom stereocenters. The fourth-order valence-corrected chi connectivity index (χ4v) is 4.88. The van der Waals surface area contributed by atoms with Crippen molar-refractivity contribution in [3.05, 3.63) is 69.8 Å². The molecule has 0 bridgehead atoms. The third-order valence-electron chi connectivity index (χ3n) is 5.22. The number of aromatic nitrogens is 2. The molecule has 4 nitrogen and oxygen atoms in total. The molecule has 5 heteroatoms. The summed E-state index contributed by atoms with van der Waals surface area (Å²) < 4.78 is 1.89. The van der Waals surface area contributed by atoms with Crippen LogP contribution in [0.2, 0.25) is 0 Å². The average molecular weight is 380 g/mol. The molecule has 1 heterocycles. The summed E-state index contributed by atoms with van der Waals surface area (Å²) in [6, 6.07) is 14.9. The van der Waals surface area contributed by atoms with E-state index in [1.54, 1.807) is 11.8 Å². The Morgan fingerprint density at radius 2 is 1.93 bits per heavy atom. The molecule has 0 saturated heterocycles. The van der Waals surface area contributed by atoms with Crippen molar-refractivity contribution in [2.45, 2.75) is 36.6 Å². The number of hydrogen-bond donors (Lipinski definition) is 0. The van der Waals surface area contributed by atoms with Crippen molar-refractivity contribution < 1.29 is 0 Å². The summed E-state index contributed by atoms with van der Waals surface area (Å²) in [5.41, 5.74) is 3.69. The first-order valence-corrected chi connectivity index (χ1v) is 10.5. The minimum Gasteiger partial charge on any atom is -0.308 e. The molecule has 0 atom stereocenters. The van der Waals surface area contributed by atoms with Gasteiger partial charge in [0.1, 0.15) is 5.03 Å². The quantitative estimate of drug-likeness (QED) is 0.483. The van der Waals surface area contributed by atoms with Crippen LogP contribution in [0, 0.1) is 0 Å². The zero-order valence-corrected chi connectivity index (χ0v) is 16.8. The fraction of sp³-hybridized carbons (Fsp3) is 0.364. The molecule has 4 rings (SSSR count). The monoisotopic (exact) mass is 379 g/mol. The second-order valence-electron chi connectivity index (χ2n) is 7.36. The zero-order valence-electron chi connectivity index (χ0n) is 15.9. The fourth-order valence-electron chi connectivity index (χ4n) is 3.80. The molecule has 0 N–H and O–H groups in total. The van der Waals surface area contributed by atoms with Crippen LogP contribution in [0.5, 0.6) is 0 Å². The highest BCUT2D eigenvalue weighted by atomic mass is 32.2. The third kappa shape index (κ3) is 3.80. The maximum atomic E-state index is 12.7. The van der Waals surface area contributed by atoms with Crippen LogP contribution < -0.4 is 5.69 Å². The third-order valence-corrected chi connectivity index (χ3v) is 6.28. The van der Waals surface area contributed by atoms with Gasteiger partial charge in [-0.2, -0.15) is 4.98 Å². The summed E-state index contributed by atoms with van der Waals surface area (Å²) in [7, 11) is 4.07. The smallest absolute Gasteiger partial charge is 0.308 e. The Morgan fingerprint density at radius 3 is 2.78 bits per heavy atom. The summed E-state index contributed by atoms with van der Waals surface area (Å²) in [4.78, 5) is 19.2. The van der Waals surface area contributed by atoms with Gasteiger partial charge in [0.05, 0.1) is 0 Å². The number of nitrogens with zero attached hydrogens (tertiary/aromatic N) is 3. The van der Waals surface area contributed by atoms with Crippen LogP contribution in [0.25, 0.3) is 10.8 Å². The van der Waals surface area contributed by atoms with Crippen LogP contribution in [-0.2, 0) is 25.1 Å². The lowest BCUT2D eigenvalue weighted by molar-refractivity contribution is 0.375. The van der Waals surface area contributed by atoms with Gasteiger partial charge in [-0.05, 0) is 49.7 Å². The molecule has 0 spiro atoms. The van der Waals surface area contributed by atoms with Gasteiger partial charge in [0.2, 0.25) is 0 Å². The predicted molar refractivity (Wildman–Crippen MR) is 113 cm³/mol. The van der Waals surface area contributed by atoms with Gasteiger partial charge in [0.15, 0.2) is 0 Å². The van der Waals surface area contributed by atoms with E-state index in [0.29, 0.717) is 0 Å². The van der Waals surface area contributed by atoms with Crippen molar-refractivity contribution in [3.8, 4) is 0 Å². The Kier molecular flexibility index (Phi) is 5.32. The van der Waals surface area contributed by atoms with Gasteiger partial charge in [-0.25, -0.2) is 4.79 Å². The molecule has 3 aromatic rings. The summed E-state index contributed by atoms with van der Waals surface area (Å²) in [5, 5.41) is 3.47. The number of hydrogen-bond acceptors (Lipinski definition) is 4. The Bertz CT molecular complexity index is 1020. The van der Waals surface area contributed by atoms with Gasteiger partial charge >= 0.3 is 5.69 Å². The van der Waals surface area contributed by atoms with E-state index in [0.717, 1.165) is 43.1 Å². The summed E-state index contributed by atoms with van der Waals surface area (Å²) >= 11 is 1.71. The average Bonchev–Trinajstić information content (AvgIpc) is 3.15. The van der Waals surface area contributed by atoms with Gasteiger partial charge in [0, 0.05) is 30.1 Å². The Balaban J connectivity index is 1.62. The van der Waals surface area contributed by atoms with Crippen molar-refractivity contribution in [2.75, 3.05) is 20.6 Å². The van der Waals surface area contributed by atoms with Crippen molar-refractivity contribution in [3.63, 3.8) is 0 Å². The summed E-state index contributed by atoms with van der Waals surface area (Å²) in [6.45, 7) is 1.58. The first kappa shape index (κ1) is 18.3. The van der Waals surface area contributed by atoms with E-state index in [-0.39, 0.29) is 5.69 Å². The van der Waals surface area contributed by atoms with E-state index in [4.69, 9.17) is 0 Å². The Labute approximate surface area is 164 Å². The SMILES string of the molecule is CN(C)CCn1c2c(c(SCc3cccc4ccccc34)nc1=O)CCC2. The van der Waals surface area contributed by atoms with Crippen LogP contribution in [0.15, 0.2) is 52.3 Å². The number of benzene rings is 2. The number of rotatable bonds is 6. The van der Waals surface area contributed by atoms with Gasteiger partial charge in [-0.1, -0.05) is 42.5 Å². The van der Waals surface area contributed by atoms with Crippen molar-refractivity contribution in [1.29, 1.82) is 0 Å². The normalized spacial score (nSPS) is 13.4. The van der Waals surface area contributed by atoms with Crippen LogP contribution in [0.1, 0.15) is 23.2 Å².